The lowest BCUT2D eigenvalue weighted by molar-refractivity contribution is -0.128. The Hall–Kier alpha value is -2.33. The smallest absolute Gasteiger partial charge is 0.262 e. The molecule has 30 heavy (non-hydrogen) atoms. The molecule has 160 valence electrons. The summed E-state index contributed by atoms with van der Waals surface area (Å²) >= 11 is 1.34. The van der Waals surface area contributed by atoms with Crippen LogP contribution in [0.4, 0.5) is 0 Å². The molecule has 7 heteroatoms. The first-order chi connectivity index (χ1) is 14.3. The van der Waals surface area contributed by atoms with Crippen LogP contribution in [0.25, 0.3) is 10.9 Å². The Morgan fingerprint density at radius 2 is 2.10 bits per heavy atom. The van der Waals surface area contributed by atoms with E-state index >= 15 is 0 Å². The van der Waals surface area contributed by atoms with Crippen molar-refractivity contribution in [1.82, 2.24) is 14.5 Å². The second kappa shape index (κ2) is 9.65. The summed E-state index contributed by atoms with van der Waals surface area (Å²) in [6.45, 7) is 6.71. The zero-order chi connectivity index (χ0) is 21.8. The fraction of sp³-hybridized carbons (Fsp3) is 0.565. The topological polar surface area (TPSA) is 79.0 Å². The number of para-hydroxylation sites is 1. The Bertz CT molecular complexity index is 1010. The van der Waals surface area contributed by atoms with Crippen LogP contribution >= 0.6 is 11.8 Å². The molecular formula is C23H30N4O2S. The number of aromatic nitrogens is 2. The van der Waals surface area contributed by atoms with Gasteiger partial charge in [0.2, 0.25) is 5.91 Å². The van der Waals surface area contributed by atoms with Crippen LogP contribution in [0, 0.1) is 23.2 Å². The number of carbonyl (C=O) groups excluding carboxylic acids is 1. The van der Waals surface area contributed by atoms with Gasteiger partial charge >= 0.3 is 0 Å². The quantitative estimate of drug-likeness (QED) is 0.510. The van der Waals surface area contributed by atoms with Gasteiger partial charge in [-0.15, -0.1) is 0 Å². The number of benzene rings is 1. The summed E-state index contributed by atoms with van der Waals surface area (Å²) in [5.74, 6) is 0.841. The van der Waals surface area contributed by atoms with Gasteiger partial charge in [0.1, 0.15) is 0 Å². The average Bonchev–Trinajstić information content (AvgIpc) is 2.74. The third kappa shape index (κ3) is 4.54. The Balaban J connectivity index is 2.01. The molecule has 1 aromatic heterocycles. The highest BCUT2D eigenvalue weighted by Crippen LogP contribution is 2.39. The molecule has 0 bridgehead atoms. The number of thioether (sulfide) groups is 1. The zero-order valence-electron chi connectivity index (χ0n) is 18.2. The van der Waals surface area contributed by atoms with Crippen LogP contribution in [0.5, 0.6) is 0 Å². The molecule has 6 nitrogen and oxygen atoms in total. The van der Waals surface area contributed by atoms with Crippen molar-refractivity contribution in [3.05, 3.63) is 34.6 Å². The van der Waals surface area contributed by atoms with Crippen molar-refractivity contribution in [3.63, 3.8) is 0 Å². The molecule has 1 heterocycles. The number of hydrogen-bond acceptors (Lipinski definition) is 5. The van der Waals surface area contributed by atoms with E-state index in [9.17, 15) is 9.59 Å². The Morgan fingerprint density at radius 1 is 1.37 bits per heavy atom. The normalized spacial score (nSPS) is 22.4. The van der Waals surface area contributed by atoms with Gasteiger partial charge in [-0.25, -0.2) is 4.98 Å². The number of hydrogen-bond donors (Lipinski definition) is 0. The molecule has 0 N–H and O–H groups in total. The second-order valence-electron chi connectivity index (χ2n) is 8.35. The maximum atomic E-state index is 13.5. The van der Waals surface area contributed by atoms with Gasteiger partial charge in [0.05, 0.1) is 28.6 Å². The zero-order valence-corrected chi connectivity index (χ0v) is 19.0. The standard InChI is InChI=1S/C23H30N4O2S/c1-15-9-7-12-20(16(15)2)27-22(29)18-10-5-6-11-19(18)25-23(27)30-17(3)21(28)26(4)14-8-13-24/h5-6,10-11,15-17,20H,7-9,12,14H2,1-4H3/t15-,16+,17-,20-/m0/s1. The van der Waals surface area contributed by atoms with Crippen molar-refractivity contribution in [1.29, 1.82) is 5.26 Å². The van der Waals surface area contributed by atoms with E-state index in [-0.39, 0.29) is 17.5 Å². The van der Waals surface area contributed by atoms with Crippen molar-refractivity contribution in [2.45, 2.75) is 62.9 Å². The highest BCUT2D eigenvalue weighted by atomic mass is 32.2. The van der Waals surface area contributed by atoms with Gasteiger partial charge in [-0.2, -0.15) is 5.26 Å². The summed E-state index contributed by atoms with van der Waals surface area (Å²) in [6, 6.07) is 9.58. The predicted molar refractivity (Wildman–Crippen MR) is 120 cm³/mol. The Labute approximate surface area is 182 Å². The van der Waals surface area contributed by atoms with Crippen LogP contribution in [-0.2, 0) is 4.79 Å². The van der Waals surface area contributed by atoms with Crippen molar-refractivity contribution in [3.8, 4) is 6.07 Å². The van der Waals surface area contributed by atoms with Crippen molar-refractivity contribution < 1.29 is 4.79 Å². The fourth-order valence-corrected chi connectivity index (χ4v) is 5.35. The minimum absolute atomic E-state index is 0.0217. The van der Waals surface area contributed by atoms with Gasteiger partial charge in [-0.05, 0) is 37.3 Å². The lowest BCUT2D eigenvalue weighted by Crippen LogP contribution is -2.37. The van der Waals surface area contributed by atoms with Crippen LogP contribution < -0.4 is 5.56 Å². The molecule has 1 amide bonds. The molecule has 0 unspecified atom stereocenters. The van der Waals surface area contributed by atoms with Crippen LogP contribution in [0.1, 0.15) is 52.5 Å². The van der Waals surface area contributed by atoms with Gasteiger partial charge in [0.15, 0.2) is 5.16 Å². The molecule has 3 rings (SSSR count). The summed E-state index contributed by atoms with van der Waals surface area (Å²) in [5.41, 5.74) is 0.641. The molecule has 1 aromatic carbocycles. The van der Waals surface area contributed by atoms with E-state index in [1.54, 1.807) is 11.9 Å². The number of amides is 1. The molecule has 1 aliphatic carbocycles. The third-order valence-corrected chi connectivity index (χ3v) is 7.39. The Kier molecular flexibility index (Phi) is 7.19. The van der Waals surface area contributed by atoms with Gasteiger partial charge < -0.3 is 4.90 Å². The minimum Gasteiger partial charge on any atom is -0.344 e. The van der Waals surface area contributed by atoms with Crippen LogP contribution in [0.15, 0.2) is 34.2 Å². The summed E-state index contributed by atoms with van der Waals surface area (Å²) in [7, 11) is 1.71. The van der Waals surface area contributed by atoms with Gasteiger partial charge in [0, 0.05) is 19.6 Å². The van der Waals surface area contributed by atoms with E-state index in [0.29, 0.717) is 40.9 Å². The maximum absolute atomic E-state index is 13.5. The van der Waals surface area contributed by atoms with E-state index in [1.807, 2.05) is 35.8 Å². The van der Waals surface area contributed by atoms with Gasteiger partial charge in [-0.3, -0.25) is 14.2 Å². The van der Waals surface area contributed by atoms with E-state index in [2.05, 4.69) is 19.9 Å². The lowest BCUT2D eigenvalue weighted by atomic mass is 9.78. The maximum Gasteiger partial charge on any atom is 0.262 e. The van der Waals surface area contributed by atoms with Crippen molar-refractivity contribution >= 4 is 28.6 Å². The van der Waals surface area contributed by atoms with E-state index in [0.717, 1.165) is 12.8 Å². The van der Waals surface area contributed by atoms with Gasteiger partial charge in [-0.1, -0.05) is 50.6 Å². The molecule has 0 aliphatic heterocycles. The van der Waals surface area contributed by atoms with Crippen LogP contribution in [-0.4, -0.2) is 39.2 Å². The first kappa shape index (κ1) is 22.4. The van der Waals surface area contributed by atoms with E-state index in [1.165, 1.54) is 18.2 Å². The summed E-state index contributed by atoms with van der Waals surface area (Å²) in [4.78, 5) is 32.7. The summed E-state index contributed by atoms with van der Waals surface area (Å²) in [5, 5.41) is 9.62. The third-order valence-electron chi connectivity index (χ3n) is 6.34. The number of rotatable bonds is 6. The van der Waals surface area contributed by atoms with Crippen LogP contribution in [0.3, 0.4) is 0 Å². The predicted octanol–water partition coefficient (Wildman–Crippen LogP) is 4.25. The molecule has 4 atom stereocenters. The number of fused-ring (bicyclic) bond motifs is 1. The fourth-order valence-electron chi connectivity index (χ4n) is 4.27. The monoisotopic (exact) mass is 426 g/mol. The van der Waals surface area contributed by atoms with Gasteiger partial charge in [0.25, 0.3) is 5.56 Å². The first-order valence-electron chi connectivity index (χ1n) is 10.6. The highest BCUT2D eigenvalue weighted by Gasteiger charge is 2.32. The number of nitriles is 1. The summed E-state index contributed by atoms with van der Waals surface area (Å²) in [6.07, 6.45) is 3.51. The van der Waals surface area contributed by atoms with E-state index < -0.39 is 5.25 Å². The first-order valence-corrected chi connectivity index (χ1v) is 11.5. The second-order valence-corrected chi connectivity index (χ2v) is 9.66. The van der Waals surface area contributed by atoms with Crippen molar-refractivity contribution in [2.75, 3.05) is 13.6 Å². The summed E-state index contributed by atoms with van der Waals surface area (Å²) < 4.78 is 1.85. The molecule has 0 saturated heterocycles. The molecule has 0 spiro atoms. The van der Waals surface area contributed by atoms with E-state index in [4.69, 9.17) is 10.2 Å². The largest absolute Gasteiger partial charge is 0.344 e. The molecule has 1 saturated carbocycles. The highest BCUT2D eigenvalue weighted by molar-refractivity contribution is 8.00. The lowest BCUT2D eigenvalue weighted by Gasteiger charge is -2.36. The Morgan fingerprint density at radius 3 is 2.83 bits per heavy atom. The molecule has 1 fully saturated rings. The average molecular weight is 427 g/mol. The number of carbonyl (C=O) groups is 1. The molecule has 1 aliphatic rings. The molecular weight excluding hydrogens is 396 g/mol. The van der Waals surface area contributed by atoms with Crippen LogP contribution in [0.2, 0.25) is 0 Å². The molecule has 2 aromatic rings. The molecule has 0 radical (unpaired) electrons. The SMILES string of the molecule is C[C@@H]1[C@@H](C)CCC[C@@H]1n1c(S[C@@H](C)C(=O)N(C)CCC#N)nc2ccccc2c1=O. The van der Waals surface area contributed by atoms with Crippen molar-refractivity contribution in [2.24, 2.45) is 11.8 Å². The minimum atomic E-state index is -0.399. The number of nitrogens with zero attached hydrogens (tertiary/aromatic N) is 4.